The Morgan fingerprint density at radius 1 is 1.28 bits per heavy atom. The molecule has 8 heteroatoms. The SMILES string of the molecule is Cc1cc(C(F)(F)F)n(CC2CCC(N(C(=O)O)C(C)(C)C)CC2)n1. The number of rotatable bonds is 3. The standard InChI is InChI=1S/C17H26F3N3O2/c1-11-9-14(17(18,19)20)22(21-11)10-12-5-7-13(8-6-12)23(15(24)25)16(2,3)4/h9,12-13H,5-8,10H2,1-4H3,(H,24,25). The summed E-state index contributed by atoms with van der Waals surface area (Å²) in [5.41, 5.74) is -0.855. The highest BCUT2D eigenvalue weighted by Crippen LogP contribution is 2.34. The number of alkyl halides is 3. The number of aryl methyl sites for hydroxylation is 1. The Balaban J connectivity index is 2.03. The number of hydrogen-bond donors (Lipinski definition) is 1. The van der Waals surface area contributed by atoms with Crippen molar-refractivity contribution in [3.63, 3.8) is 0 Å². The lowest BCUT2D eigenvalue weighted by molar-refractivity contribution is -0.144. The van der Waals surface area contributed by atoms with Crippen molar-refractivity contribution in [3.05, 3.63) is 17.5 Å². The van der Waals surface area contributed by atoms with E-state index < -0.39 is 23.5 Å². The van der Waals surface area contributed by atoms with Crippen LogP contribution in [-0.4, -0.2) is 37.5 Å². The van der Waals surface area contributed by atoms with Crippen LogP contribution in [0.1, 0.15) is 57.8 Å². The van der Waals surface area contributed by atoms with Crippen LogP contribution in [-0.2, 0) is 12.7 Å². The third kappa shape index (κ3) is 4.67. The molecule has 0 bridgehead atoms. The van der Waals surface area contributed by atoms with Crippen molar-refractivity contribution in [1.29, 1.82) is 0 Å². The van der Waals surface area contributed by atoms with Crippen molar-refractivity contribution in [2.45, 2.75) is 77.7 Å². The molecular weight excluding hydrogens is 335 g/mol. The van der Waals surface area contributed by atoms with E-state index in [4.69, 9.17) is 0 Å². The van der Waals surface area contributed by atoms with E-state index in [1.54, 1.807) is 6.92 Å². The molecule has 1 aromatic rings. The summed E-state index contributed by atoms with van der Waals surface area (Å²) in [7, 11) is 0. The van der Waals surface area contributed by atoms with E-state index in [0.29, 0.717) is 31.4 Å². The van der Waals surface area contributed by atoms with Gasteiger partial charge in [0.25, 0.3) is 0 Å². The number of halogens is 3. The largest absolute Gasteiger partial charge is 0.465 e. The van der Waals surface area contributed by atoms with E-state index in [9.17, 15) is 23.1 Å². The van der Waals surface area contributed by atoms with Gasteiger partial charge in [0.15, 0.2) is 0 Å². The van der Waals surface area contributed by atoms with Gasteiger partial charge in [-0.3, -0.25) is 4.68 Å². The molecule has 1 aromatic heterocycles. The lowest BCUT2D eigenvalue weighted by atomic mass is 9.84. The van der Waals surface area contributed by atoms with E-state index >= 15 is 0 Å². The van der Waals surface area contributed by atoms with Crippen molar-refractivity contribution in [2.24, 2.45) is 5.92 Å². The number of hydrogen-bond acceptors (Lipinski definition) is 2. The number of carbonyl (C=O) groups is 1. The first-order valence-electron chi connectivity index (χ1n) is 8.53. The molecule has 0 aromatic carbocycles. The molecule has 0 spiro atoms. The van der Waals surface area contributed by atoms with E-state index in [0.717, 1.165) is 10.7 Å². The fourth-order valence-electron chi connectivity index (χ4n) is 3.73. The normalized spacial score (nSPS) is 22.0. The summed E-state index contributed by atoms with van der Waals surface area (Å²) in [5.74, 6) is 0.0762. The van der Waals surface area contributed by atoms with E-state index in [1.165, 1.54) is 4.90 Å². The first-order chi connectivity index (χ1) is 11.4. The minimum atomic E-state index is -4.41. The maximum Gasteiger partial charge on any atom is 0.433 e. The van der Waals surface area contributed by atoms with Gasteiger partial charge in [-0.05, 0) is 65.4 Å². The van der Waals surface area contributed by atoms with Gasteiger partial charge in [-0.2, -0.15) is 18.3 Å². The smallest absolute Gasteiger partial charge is 0.433 e. The van der Waals surface area contributed by atoms with Crippen LogP contribution in [0.4, 0.5) is 18.0 Å². The van der Waals surface area contributed by atoms with E-state index in [-0.39, 0.29) is 18.5 Å². The highest BCUT2D eigenvalue weighted by atomic mass is 19.4. The monoisotopic (exact) mass is 361 g/mol. The van der Waals surface area contributed by atoms with Crippen LogP contribution in [0.5, 0.6) is 0 Å². The predicted molar refractivity (Wildman–Crippen MR) is 87.3 cm³/mol. The third-order valence-corrected chi connectivity index (χ3v) is 4.73. The van der Waals surface area contributed by atoms with Crippen LogP contribution in [0.25, 0.3) is 0 Å². The summed E-state index contributed by atoms with van der Waals surface area (Å²) in [5, 5.41) is 13.5. The maximum atomic E-state index is 13.1. The fraction of sp³-hybridized carbons (Fsp3) is 0.765. The molecule has 0 atom stereocenters. The molecule has 1 N–H and O–H groups in total. The summed E-state index contributed by atoms with van der Waals surface area (Å²) in [6.07, 6.45) is -2.64. The zero-order chi connectivity index (χ0) is 19.0. The average molecular weight is 361 g/mol. The van der Waals surface area contributed by atoms with Gasteiger partial charge in [-0.15, -0.1) is 0 Å². The molecule has 0 radical (unpaired) electrons. The number of nitrogens with zero attached hydrogens (tertiary/aromatic N) is 3. The molecule has 25 heavy (non-hydrogen) atoms. The van der Waals surface area contributed by atoms with Gasteiger partial charge in [0.05, 0.1) is 5.69 Å². The molecule has 0 aliphatic heterocycles. The van der Waals surface area contributed by atoms with Crippen LogP contribution >= 0.6 is 0 Å². The number of carboxylic acid groups (broad SMARTS) is 1. The van der Waals surface area contributed by atoms with Crippen LogP contribution in [0.3, 0.4) is 0 Å². The van der Waals surface area contributed by atoms with Crippen LogP contribution in [0.15, 0.2) is 6.07 Å². The van der Waals surface area contributed by atoms with Crippen molar-refractivity contribution in [2.75, 3.05) is 0 Å². The minimum absolute atomic E-state index is 0.0762. The Morgan fingerprint density at radius 2 is 1.84 bits per heavy atom. The molecule has 1 aliphatic rings. The van der Waals surface area contributed by atoms with Crippen molar-refractivity contribution >= 4 is 6.09 Å². The van der Waals surface area contributed by atoms with Crippen LogP contribution < -0.4 is 0 Å². The van der Waals surface area contributed by atoms with Gasteiger partial charge in [0, 0.05) is 18.1 Å². The molecule has 2 rings (SSSR count). The molecule has 142 valence electrons. The van der Waals surface area contributed by atoms with Gasteiger partial charge < -0.3 is 10.0 Å². The minimum Gasteiger partial charge on any atom is -0.465 e. The summed E-state index contributed by atoms with van der Waals surface area (Å²) in [6.45, 7) is 7.34. The molecule has 0 saturated heterocycles. The molecule has 1 heterocycles. The summed E-state index contributed by atoms with van der Waals surface area (Å²) in [6, 6.07) is 0.979. The van der Waals surface area contributed by atoms with Gasteiger partial charge in [0.1, 0.15) is 5.69 Å². The summed E-state index contributed by atoms with van der Waals surface area (Å²) >= 11 is 0. The summed E-state index contributed by atoms with van der Waals surface area (Å²) < 4.78 is 40.3. The van der Waals surface area contributed by atoms with Gasteiger partial charge in [-0.1, -0.05) is 0 Å². The van der Waals surface area contributed by atoms with Gasteiger partial charge >= 0.3 is 12.3 Å². The first kappa shape index (κ1) is 19.6. The molecule has 1 fully saturated rings. The number of amides is 1. The summed E-state index contributed by atoms with van der Waals surface area (Å²) in [4.78, 5) is 13.0. The highest BCUT2D eigenvalue weighted by molar-refractivity contribution is 5.66. The highest BCUT2D eigenvalue weighted by Gasteiger charge is 2.38. The molecule has 0 unspecified atom stereocenters. The van der Waals surface area contributed by atoms with E-state index in [2.05, 4.69) is 5.10 Å². The Hall–Kier alpha value is -1.73. The maximum absolute atomic E-state index is 13.1. The Kier molecular flexibility index (Phi) is 5.39. The average Bonchev–Trinajstić information content (AvgIpc) is 2.80. The van der Waals surface area contributed by atoms with Gasteiger partial charge in [-0.25, -0.2) is 4.79 Å². The topological polar surface area (TPSA) is 58.4 Å². The van der Waals surface area contributed by atoms with Crippen LogP contribution in [0, 0.1) is 12.8 Å². The lowest BCUT2D eigenvalue weighted by Crippen LogP contribution is -2.52. The molecule has 1 aliphatic carbocycles. The fourth-order valence-corrected chi connectivity index (χ4v) is 3.73. The first-order valence-corrected chi connectivity index (χ1v) is 8.53. The Labute approximate surface area is 145 Å². The van der Waals surface area contributed by atoms with Crippen molar-refractivity contribution in [1.82, 2.24) is 14.7 Å². The third-order valence-electron chi connectivity index (χ3n) is 4.73. The van der Waals surface area contributed by atoms with Crippen LogP contribution in [0.2, 0.25) is 0 Å². The molecule has 1 amide bonds. The van der Waals surface area contributed by atoms with Crippen molar-refractivity contribution in [3.8, 4) is 0 Å². The molecular formula is C17H26F3N3O2. The molecule has 1 saturated carbocycles. The van der Waals surface area contributed by atoms with E-state index in [1.807, 2.05) is 20.8 Å². The lowest BCUT2D eigenvalue weighted by Gasteiger charge is -2.42. The predicted octanol–water partition coefficient (Wildman–Crippen LogP) is 4.55. The number of aromatic nitrogens is 2. The Morgan fingerprint density at radius 3 is 2.28 bits per heavy atom. The quantitative estimate of drug-likeness (QED) is 0.859. The molecule has 5 nitrogen and oxygen atoms in total. The zero-order valence-electron chi connectivity index (χ0n) is 15.1. The Bertz CT molecular complexity index is 612. The zero-order valence-corrected chi connectivity index (χ0v) is 15.1. The van der Waals surface area contributed by atoms with Gasteiger partial charge in [0.2, 0.25) is 0 Å². The second kappa shape index (κ2) is 6.88. The second-order valence-electron chi connectivity index (χ2n) is 7.85. The van der Waals surface area contributed by atoms with Crippen molar-refractivity contribution < 1.29 is 23.1 Å². The second-order valence-corrected chi connectivity index (χ2v) is 7.85.